The minimum atomic E-state index is -0.306. The van der Waals surface area contributed by atoms with Gasteiger partial charge in [-0.25, -0.2) is 4.79 Å². The van der Waals surface area contributed by atoms with Crippen LogP contribution in [0.4, 0.5) is 5.69 Å². The molecule has 116 valence electrons. The molecule has 2 N–H and O–H groups in total. The summed E-state index contributed by atoms with van der Waals surface area (Å²) in [5.41, 5.74) is 8.07. The molecule has 5 heteroatoms. The maximum atomic E-state index is 11.9. The van der Waals surface area contributed by atoms with Gasteiger partial charge in [0.2, 0.25) is 0 Å². The van der Waals surface area contributed by atoms with Crippen molar-refractivity contribution in [2.75, 3.05) is 12.0 Å². The third kappa shape index (κ3) is 3.55. The lowest BCUT2D eigenvalue weighted by molar-refractivity contribution is 0.0525. The molecule has 0 atom stereocenters. The van der Waals surface area contributed by atoms with Gasteiger partial charge >= 0.3 is 5.97 Å². The number of carbonyl (C=O) groups excluding carboxylic acids is 1. The van der Waals surface area contributed by atoms with E-state index in [1.807, 2.05) is 45.0 Å². The molecule has 22 heavy (non-hydrogen) atoms. The fraction of sp³-hybridized carbons (Fsp3) is 0.294. The zero-order chi connectivity index (χ0) is 16.1. The van der Waals surface area contributed by atoms with Gasteiger partial charge in [-0.2, -0.15) is 5.10 Å². The van der Waals surface area contributed by atoms with Crippen LogP contribution in [0.2, 0.25) is 0 Å². The topological polar surface area (TPSA) is 66.5 Å². The predicted molar refractivity (Wildman–Crippen MR) is 88.6 cm³/mol. The van der Waals surface area contributed by atoms with Crippen molar-refractivity contribution in [3.63, 3.8) is 0 Å². The molecule has 0 aliphatic carbocycles. The Balaban J connectivity index is 2.13. The van der Waals surface area contributed by atoms with Gasteiger partial charge in [0.15, 0.2) is 0 Å². The molecular weight excluding hydrogens is 278 g/mol. The van der Waals surface area contributed by atoms with Crippen LogP contribution in [0.25, 0.3) is 0 Å². The van der Waals surface area contributed by atoms with E-state index in [2.05, 4.69) is 15.5 Å². The molecule has 1 aromatic heterocycles. The first kappa shape index (κ1) is 15.8. The number of rotatable bonds is 5. The quantitative estimate of drug-likeness (QED) is 0.504. The van der Waals surface area contributed by atoms with E-state index in [1.165, 1.54) is 5.56 Å². The van der Waals surface area contributed by atoms with Gasteiger partial charge in [0, 0.05) is 5.69 Å². The van der Waals surface area contributed by atoms with E-state index in [9.17, 15) is 4.79 Å². The van der Waals surface area contributed by atoms with Crippen LogP contribution in [0.15, 0.2) is 29.4 Å². The Morgan fingerprint density at radius 1 is 1.27 bits per heavy atom. The third-order valence-electron chi connectivity index (χ3n) is 3.39. The number of aromatic amines is 1. The van der Waals surface area contributed by atoms with Crippen LogP contribution in [0.5, 0.6) is 0 Å². The molecular formula is C17H21N3O2. The van der Waals surface area contributed by atoms with E-state index in [0.29, 0.717) is 12.2 Å². The number of aromatic nitrogens is 1. The smallest absolute Gasteiger partial charge is 0.340 e. The highest BCUT2D eigenvalue weighted by atomic mass is 16.5. The van der Waals surface area contributed by atoms with Gasteiger partial charge in [0.25, 0.3) is 0 Å². The summed E-state index contributed by atoms with van der Waals surface area (Å²) in [4.78, 5) is 15.1. The number of aryl methyl sites for hydroxylation is 2. The van der Waals surface area contributed by atoms with Crippen LogP contribution in [0.1, 0.15) is 39.8 Å². The summed E-state index contributed by atoms with van der Waals surface area (Å²) in [6, 6.07) is 7.95. The Kier molecular flexibility index (Phi) is 4.99. The normalized spacial score (nSPS) is 10.9. The number of nitrogens with zero attached hydrogens (tertiary/aromatic N) is 1. The van der Waals surface area contributed by atoms with Crippen LogP contribution in [0, 0.1) is 20.8 Å². The second-order valence-corrected chi connectivity index (χ2v) is 5.12. The Bertz CT molecular complexity index is 685. The van der Waals surface area contributed by atoms with Crippen LogP contribution in [-0.2, 0) is 4.74 Å². The minimum absolute atomic E-state index is 0.306. The highest BCUT2D eigenvalue weighted by Gasteiger charge is 2.18. The lowest BCUT2D eigenvalue weighted by atomic mass is 10.1. The Hall–Kier alpha value is -2.56. The summed E-state index contributed by atoms with van der Waals surface area (Å²) < 4.78 is 5.07. The van der Waals surface area contributed by atoms with E-state index < -0.39 is 0 Å². The highest BCUT2D eigenvalue weighted by Crippen LogP contribution is 2.18. The average Bonchev–Trinajstić information content (AvgIpc) is 2.76. The molecule has 0 bridgehead atoms. The van der Waals surface area contributed by atoms with Crippen molar-refractivity contribution in [1.29, 1.82) is 0 Å². The van der Waals surface area contributed by atoms with Crippen molar-refractivity contribution in [1.82, 2.24) is 4.98 Å². The Morgan fingerprint density at radius 3 is 2.59 bits per heavy atom. The molecule has 0 aliphatic rings. The zero-order valence-electron chi connectivity index (χ0n) is 13.4. The van der Waals surface area contributed by atoms with Crippen molar-refractivity contribution in [3.8, 4) is 0 Å². The van der Waals surface area contributed by atoms with Crippen molar-refractivity contribution in [3.05, 3.63) is 52.3 Å². The summed E-state index contributed by atoms with van der Waals surface area (Å²) >= 11 is 0. The summed E-state index contributed by atoms with van der Waals surface area (Å²) in [5, 5.41) is 4.20. The predicted octanol–water partition coefficient (Wildman–Crippen LogP) is 3.56. The first-order chi connectivity index (χ1) is 10.5. The van der Waals surface area contributed by atoms with E-state index >= 15 is 0 Å². The molecule has 0 aliphatic heterocycles. The van der Waals surface area contributed by atoms with Gasteiger partial charge in [-0.05, 0) is 45.4 Å². The number of nitrogens with one attached hydrogen (secondary N) is 2. The monoisotopic (exact) mass is 299 g/mol. The average molecular weight is 299 g/mol. The largest absolute Gasteiger partial charge is 0.462 e. The number of hydrogen-bond acceptors (Lipinski definition) is 4. The van der Waals surface area contributed by atoms with Crippen molar-refractivity contribution < 1.29 is 9.53 Å². The number of hydrogen-bond donors (Lipinski definition) is 2. The Labute approximate surface area is 130 Å². The fourth-order valence-corrected chi connectivity index (χ4v) is 2.21. The van der Waals surface area contributed by atoms with Crippen LogP contribution < -0.4 is 5.43 Å². The van der Waals surface area contributed by atoms with Crippen LogP contribution in [0.3, 0.4) is 0 Å². The van der Waals surface area contributed by atoms with Crippen LogP contribution in [-0.4, -0.2) is 23.8 Å². The van der Waals surface area contributed by atoms with Crippen LogP contribution >= 0.6 is 0 Å². The van der Waals surface area contributed by atoms with E-state index in [4.69, 9.17) is 4.74 Å². The van der Waals surface area contributed by atoms with Crippen molar-refractivity contribution >= 4 is 17.9 Å². The zero-order valence-corrected chi connectivity index (χ0v) is 13.4. The molecule has 0 unspecified atom stereocenters. The Morgan fingerprint density at radius 2 is 1.95 bits per heavy atom. The maximum Gasteiger partial charge on any atom is 0.340 e. The molecule has 5 nitrogen and oxygen atoms in total. The number of anilines is 1. The summed E-state index contributed by atoms with van der Waals surface area (Å²) in [5.74, 6) is -0.306. The minimum Gasteiger partial charge on any atom is -0.462 e. The third-order valence-corrected chi connectivity index (χ3v) is 3.39. The summed E-state index contributed by atoms with van der Waals surface area (Å²) in [7, 11) is 0. The molecule has 0 saturated heterocycles. The highest BCUT2D eigenvalue weighted by molar-refractivity contribution is 5.96. The lowest BCUT2D eigenvalue weighted by Gasteiger charge is -2.02. The van der Waals surface area contributed by atoms with E-state index in [1.54, 1.807) is 13.1 Å². The maximum absolute atomic E-state index is 11.9. The number of esters is 1. The van der Waals surface area contributed by atoms with Gasteiger partial charge in [0.1, 0.15) is 0 Å². The molecule has 0 amide bonds. The standard InChI is InChI=1S/C17H21N3O2/c1-5-22-17(21)16-12(3)15(19-13(16)4)10-18-20-14-8-6-11(2)7-9-14/h6-10,19-20H,5H2,1-4H3/b18-10+. The number of carbonyl (C=O) groups is 1. The van der Waals surface area contributed by atoms with Crippen molar-refractivity contribution in [2.45, 2.75) is 27.7 Å². The van der Waals surface area contributed by atoms with E-state index in [0.717, 1.165) is 22.6 Å². The molecule has 0 fully saturated rings. The fourth-order valence-electron chi connectivity index (χ4n) is 2.21. The van der Waals surface area contributed by atoms with Crippen molar-refractivity contribution in [2.24, 2.45) is 5.10 Å². The molecule has 1 heterocycles. The SMILES string of the molecule is CCOC(=O)c1c(C)[nH]c(/C=N/Nc2ccc(C)cc2)c1C. The lowest BCUT2D eigenvalue weighted by Crippen LogP contribution is -2.06. The number of benzene rings is 1. The molecule has 0 spiro atoms. The van der Waals surface area contributed by atoms with Gasteiger partial charge in [-0.15, -0.1) is 0 Å². The molecule has 0 radical (unpaired) electrons. The number of hydrazone groups is 1. The van der Waals surface area contributed by atoms with Gasteiger partial charge in [-0.1, -0.05) is 17.7 Å². The molecule has 0 saturated carbocycles. The summed E-state index contributed by atoms with van der Waals surface area (Å²) in [6.45, 7) is 7.92. The second-order valence-electron chi connectivity index (χ2n) is 5.12. The molecule has 1 aromatic carbocycles. The van der Waals surface area contributed by atoms with Gasteiger partial charge in [0.05, 0.1) is 29.8 Å². The van der Waals surface area contributed by atoms with Gasteiger partial charge < -0.3 is 9.72 Å². The molecule has 2 aromatic rings. The first-order valence-corrected chi connectivity index (χ1v) is 7.25. The number of ether oxygens (including phenoxy) is 1. The van der Waals surface area contributed by atoms with Gasteiger partial charge in [-0.3, -0.25) is 5.43 Å². The summed E-state index contributed by atoms with van der Waals surface area (Å²) in [6.07, 6.45) is 1.67. The molecule has 2 rings (SSSR count). The number of H-pyrrole nitrogens is 1. The second kappa shape index (κ2) is 6.93. The first-order valence-electron chi connectivity index (χ1n) is 7.25. The van der Waals surface area contributed by atoms with E-state index in [-0.39, 0.29) is 5.97 Å².